The summed E-state index contributed by atoms with van der Waals surface area (Å²) in [6.45, 7) is 4.94. The Kier molecular flexibility index (Phi) is 5.63. The summed E-state index contributed by atoms with van der Waals surface area (Å²) in [5, 5.41) is 12.5. The van der Waals surface area contributed by atoms with Crippen molar-refractivity contribution >= 4 is 5.91 Å². The van der Waals surface area contributed by atoms with Gasteiger partial charge in [0.25, 0.3) is 5.89 Å². The summed E-state index contributed by atoms with van der Waals surface area (Å²) in [5.41, 5.74) is 2.39. The molecule has 0 saturated heterocycles. The maximum atomic E-state index is 13.2. The average molecular weight is 371 g/mol. The molecule has 0 bridgehead atoms. The Morgan fingerprint density at radius 2 is 2.11 bits per heavy atom. The molecule has 0 aliphatic rings. The van der Waals surface area contributed by atoms with Crippen molar-refractivity contribution in [2.24, 2.45) is 0 Å². The van der Waals surface area contributed by atoms with Gasteiger partial charge >= 0.3 is 0 Å². The molecule has 3 aromatic rings. The van der Waals surface area contributed by atoms with Crippen LogP contribution in [0.4, 0.5) is 4.39 Å². The van der Waals surface area contributed by atoms with E-state index in [2.05, 4.69) is 15.3 Å². The second kappa shape index (κ2) is 8.11. The highest BCUT2D eigenvalue weighted by atomic mass is 19.1. The Labute approximate surface area is 156 Å². The molecule has 1 amide bonds. The minimum atomic E-state index is -0.312. The zero-order valence-electron chi connectivity index (χ0n) is 15.6. The van der Waals surface area contributed by atoms with Gasteiger partial charge in [0.1, 0.15) is 11.5 Å². The molecule has 0 radical (unpaired) electrons. The van der Waals surface area contributed by atoms with Gasteiger partial charge in [0.05, 0.1) is 5.69 Å². The number of nitrogens with zero attached hydrogens (tertiary/aromatic N) is 5. The summed E-state index contributed by atoms with van der Waals surface area (Å²) in [6.07, 6.45) is 0.581. The highest BCUT2D eigenvalue weighted by Gasteiger charge is 2.16. The van der Waals surface area contributed by atoms with Crippen LogP contribution >= 0.6 is 0 Å². The zero-order valence-corrected chi connectivity index (χ0v) is 15.6. The number of benzene rings is 1. The van der Waals surface area contributed by atoms with Crippen LogP contribution in [0.1, 0.15) is 30.5 Å². The van der Waals surface area contributed by atoms with Gasteiger partial charge in [-0.25, -0.2) is 4.39 Å². The summed E-state index contributed by atoms with van der Waals surface area (Å²) in [6, 6.07) is 8.11. The Bertz CT molecular complexity index is 934. The van der Waals surface area contributed by atoms with E-state index in [-0.39, 0.29) is 18.1 Å². The topological polar surface area (TPSA) is 77.1 Å². The first kappa shape index (κ1) is 18.8. The minimum Gasteiger partial charge on any atom is -0.419 e. The van der Waals surface area contributed by atoms with Crippen LogP contribution in [0.2, 0.25) is 0 Å². The van der Waals surface area contributed by atoms with Crippen molar-refractivity contribution in [3.63, 3.8) is 0 Å². The van der Waals surface area contributed by atoms with Crippen LogP contribution in [-0.2, 0) is 24.3 Å². The molecule has 27 heavy (non-hydrogen) atoms. The fourth-order valence-corrected chi connectivity index (χ4v) is 2.82. The molecule has 2 heterocycles. The molecule has 0 atom stereocenters. The number of aromatic nitrogens is 4. The van der Waals surface area contributed by atoms with Gasteiger partial charge in [-0.1, -0.05) is 12.1 Å². The number of carbonyl (C=O) groups excluding carboxylic acids is 1. The molecule has 142 valence electrons. The van der Waals surface area contributed by atoms with E-state index >= 15 is 0 Å². The first-order valence-electron chi connectivity index (χ1n) is 8.82. The van der Waals surface area contributed by atoms with Crippen molar-refractivity contribution in [1.82, 2.24) is 24.9 Å². The van der Waals surface area contributed by atoms with Crippen molar-refractivity contribution in [1.29, 1.82) is 0 Å². The average Bonchev–Trinajstić information content (AvgIpc) is 3.25. The lowest BCUT2D eigenvalue weighted by molar-refractivity contribution is -0.130. The smallest absolute Gasteiger partial charge is 0.265 e. The van der Waals surface area contributed by atoms with E-state index in [0.29, 0.717) is 31.3 Å². The fraction of sp³-hybridized carbons (Fsp3) is 0.368. The van der Waals surface area contributed by atoms with Crippen molar-refractivity contribution in [3.05, 3.63) is 53.3 Å². The van der Waals surface area contributed by atoms with Crippen molar-refractivity contribution in [2.45, 2.75) is 39.8 Å². The van der Waals surface area contributed by atoms with E-state index in [1.807, 2.05) is 19.9 Å². The molecule has 0 aliphatic carbocycles. The minimum absolute atomic E-state index is 0.0755. The Hall–Kier alpha value is -3.03. The van der Waals surface area contributed by atoms with Gasteiger partial charge in [-0.2, -0.15) is 5.10 Å². The van der Waals surface area contributed by atoms with Gasteiger partial charge in [0.2, 0.25) is 11.8 Å². The Morgan fingerprint density at radius 3 is 2.85 bits per heavy atom. The molecular weight excluding hydrogens is 349 g/mol. The molecule has 0 spiro atoms. The van der Waals surface area contributed by atoms with Crippen LogP contribution in [0.15, 0.2) is 34.7 Å². The number of hydrogen-bond donors (Lipinski definition) is 0. The molecule has 3 rings (SSSR count). The van der Waals surface area contributed by atoms with Gasteiger partial charge in [-0.15, -0.1) is 10.2 Å². The quantitative estimate of drug-likeness (QED) is 0.638. The van der Waals surface area contributed by atoms with E-state index in [1.54, 1.807) is 28.8 Å². The molecule has 0 fully saturated rings. The third kappa shape index (κ3) is 4.58. The van der Waals surface area contributed by atoms with Crippen LogP contribution in [0, 0.1) is 12.7 Å². The summed E-state index contributed by atoms with van der Waals surface area (Å²) >= 11 is 0. The highest BCUT2D eigenvalue weighted by molar-refractivity contribution is 5.76. The standard InChI is InChI=1S/C19H22FN5O2/c1-4-25-16(10-13(2)23-25)19-22-21-17(27-19)8-9-18(26)24(3)12-14-6-5-7-15(20)11-14/h5-7,10-11H,4,8-9,12H2,1-3H3. The van der Waals surface area contributed by atoms with E-state index in [4.69, 9.17) is 4.42 Å². The predicted molar refractivity (Wildman–Crippen MR) is 97.1 cm³/mol. The third-order valence-electron chi connectivity index (χ3n) is 4.17. The van der Waals surface area contributed by atoms with E-state index in [1.165, 1.54) is 12.1 Å². The molecule has 7 nitrogen and oxygen atoms in total. The molecule has 0 saturated carbocycles. The first-order valence-corrected chi connectivity index (χ1v) is 8.82. The summed E-state index contributed by atoms with van der Waals surface area (Å²) in [7, 11) is 1.69. The summed E-state index contributed by atoms with van der Waals surface area (Å²) < 4.78 is 20.7. The van der Waals surface area contributed by atoms with E-state index in [0.717, 1.165) is 17.0 Å². The number of rotatable bonds is 7. The van der Waals surface area contributed by atoms with Gasteiger partial charge in [-0.3, -0.25) is 9.48 Å². The highest BCUT2D eigenvalue weighted by Crippen LogP contribution is 2.20. The summed E-state index contributed by atoms with van der Waals surface area (Å²) in [4.78, 5) is 13.9. The molecule has 1 aromatic carbocycles. The third-order valence-corrected chi connectivity index (χ3v) is 4.17. The lowest BCUT2D eigenvalue weighted by Gasteiger charge is -2.16. The van der Waals surface area contributed by atoms with Crippen LogP contribution in [-0.4, -0.2) is 37.8 Å². The molecule has 8 heteroatoms. The second-order valence-corrected chi connectivity index (χ2v) is 6.37. The number of carbonyl (C=O) groups is 1. The predicted octanol–water partition coefficient (Wildman–Crippen LogP) is 2.99. The molecular formula is C19H22FN5O2. The van der Waals surface area contributed by atoms with Crippen LogP contribution < -0.4 is 0 Å². The lowest BCUT2D eigenvalue weighted by Crippen LogP contribution is -2.26. The lowest BCUT2D eigenvalue weighted by atomic mass is 10.2. The molecule has 0 N–H and O–H groups in total. The summed E-state index contributed by atoms with van der Waals surface area (Å²) in [5.74, 6) is 0.411. The molecule has 2 aromatic heterocycles. The van der Waals surface area contributed by atoms with Crippen LogP contribution in [0.5, 0.6) is 0 Å². The van der Waals surface area contributed by atoms with E-state index < -0.39 is 0 Å². The van der Waals surface area contributed by atoms with Gasteiger partial charge in [0, 0.05) is 33.0 Å². The maximum Gasteiger partial charge on any atom is 0.265 e. The van der Waals surface area contributed by atoms with Crippen LogP contribution in [0.3, 0.4) is 0 Å². The second-order valence-electron chi connectivity index (χ2n) is 6.37. The molecule has 0 aliphatic heterocycles. The van der Waals surface area contributed by atoms with Crippen molar-refractivity contribution < 1.29 is 13.6 Å². The fourth-order valence-electron chi connectivity index (χ4n) is 2.82. The van der Waals surface area contributed by atoms with Gasteiger partial charge < -0.3 is 9.32 Å². The SMILES string of the molecule is CCn1nc(C)cc1-c1nnc(CCC(=O)N(C)Cc2cccc(F)c2)o1. The van der Waals surface area contributed by atoms with Gasteiger partial charge in [0.15, 0.2) is 0 Å². The number of halogens is 1. The normalized spacial score (nSPS) is 11.0. The Morgan fingerprint density at radius 1 is 1.30 bits per heavy atom. The van der Waals surface area contributed by atoms with E-state index in [9.17, 15) is 9.18 Å². The number of hydrogen-bond acceptors (Lipinski definition) is 5. The number of aryl methyl sites for hydroxylation is 3. The zero-order chi connectivity index (χ0) is 19.4. The van der Waals surface area contributed by atoms with Crippen molar-refractivity contribution in [2.75, 3.05) is 7.05 Å². The Balaban J connectivity index is 1.58. The molecule has 0 unspecified atom stereocenters. The first-order chi connectivity index (χ1) is 13.0. The number of amides is 1. The maximum absolute atomic E-state index is 13.2. The van der Waals surface area contributed by atoms with Crippen LogP contribution in [0.25, 0.3) is 11.6 Å². The van der Waals surface area contributed by atoms with Crippen molar-refractivity contribution in [3.8, 4) is 11.6 Å². The van der Waals surface area contributed by atoms with Gasteiger partial charge in [-0.05, 0) is 37.6 Å². The monoisotopic (exact) mass is 371 g/mol. The largest absolute Gasteiger partial charge is 0.419 e.